The number of piperidine rings is 1. The quantitative estimate of drug-likeness (QED) is 0.392. The number of benzene rings is 2. The SMILES string of the molecule is CC(C)CC1(N2CCN(C(=O)[C@@H](Cc3ccc(Cl)cc3)NC(=O)CC3NCc4ccccc43)CC2)CCN(C(=O)C(C)C)CC1. The molecular formula is C36H50ClN5O3. The first kappa shape index (κ1) is 33.4. The molecule has 0 aliphatic carbocycles. The lowest BCUT2D eigenvalue weighted by Crippen LogP contribution is -2.63. The highest BCUT2D eigenvalue weighted by molar-refractivity contribution is 6.30. The topological polar surface area (TPSA) is 85.0 Å². The molecule has 2 fully saturated rings. The standard InChI is InChI=1S/C36H50ClN5O3/c1-25(2)23-36(13-15-40(16-14-36)34(44)26(3)4)42-19-17-41(18-20-42)35(45)32(21-27-9-11-29(37)12-10-27)39-33(43)22-31-30-8-6-5-7-28(30)24-38-31/h5-12,25-26,31-32,38H,13-24H2,1-4H3,(H,39,43)/t31?,32-/m1/s1. The van der Waals surface area contributed by atoms with Gasteiger partial charge in [0.2, 0.25) is 17.7 Å². The van der Waals surface area contributed by atoms with Crippen LogP contribution in [0.2, 0.25) is 5.02 Å². The summed E-state index contributed by atoms with van der Waals surface area (Å²) in [6, 6.07) is 15.0. The number of piperazine rings is 1. The van der Waals surface area contributed by atoms with Crippen LogP contribution in [0, 0.1) is 11.8 Å². The van der Waals surface area contributed by atoms with Gasteiger partial charge in [-0.25, -0.2) is 0 Å². The molecular weight excluding hydrogens is 586 g/mol. The van der Waals surface area contributed by atoms with Crippen LogP contribution in [0.5, 0.6) is 0 Å². The van der Waals surface area contributed by atoms with Crippen LogP contribution in [-0.4, -0.2) is 83.3 Å². The summed E-state index contributed by atoms with van der Waals surface area (Å²) in [5, 5.41) is 7.20. The van der Waals surface area contributed by atoms with E-state index in [-0.39, 0.29) is 41.6 Å². The maximum Gasteiger partial charge on any atom is 0.245 e. The van der Waals surface area contributed by atoms with Crippen molar-refractivity contribution in [3.8, 4) is 0 Å². The van der Waals surface area contributed by atoms with Crippen LogP contribution < -0.4 is 10.6 Å². The van der Waals surface area contributed by atoms with E-state index in [9.17, 15) is 14.4 Å². The van der Waals surface area contributed by atoms with Gasteiger partial charge in [0.05, 0.1) is 0 Å². The number of amides is 3. The molecule has 3 aliphatic rings. The van der Waals surface area contributed by atoms with E-state index >= 15 is 0 Å². The molecule has 2 aromatic carbocycles. The zero-order valence-electron chi connectivity index (χ0n) is 27.4. The average Bonchev–Trinajstić information content (AvgIpc) is 3.43. The Balaban J connectivity index is 1.24. The van der Waals surface area contributed by atoms with E-state index in [0.717, 1.165) is 63.1 Å². The van der Waals surface area contributed by atoms with Crippen LogP contribution in [0.3, 0.4) is 0 Å². The predicted octanol–water partition coefficient (Wildman–Crippen LogP) is 4.81. The fourth-order valence-corrected chi connectivity index (χ4v) is 7.72. The lowest BCUT2D eigenvalue weighted by atomic mass is 9.78. The van der Waals surface area contributed by atoms with Gasteiger partial charge in [0.25, 0.3) is 0 Å². The van der Waals surface area contributed by atoms with Crippen molar-refractivity contribution in [2.45, 2.75) is 84.0 Å². The molecule has 2 saturated heterocycles. The second-order valence-electron chi connectivity index (χ2n) is 13.9. The fraction of sp³-hybridized carbons (Fsp3) is 0.583. The van der Waals surface area contributed by atoms with E-state index < -0.39 is 6.04 Å². The molecule has 45 heavy (non-hydrogen) atoms. The highest BCUT2D eigenvalue weighted by atomic mass is 35.5. The summed E-state index contributed by atoms with van der Waals surface area (Å²) < 4.78 is 0. The molecule has 0 bridgehead atoms. The summed E-state index contributed by atoms with van der Waals surface area (Å²) in [7, 11) is 0. The zero-order chi connectivity index (χ0) is 32.1. The summed E-state index contributed by atoms with van der Waals surface area (Å²) >= 11 is 6.13. The lowest BCUT2D eigenvalue weighted by molar-refractivity contribution is -0.141. The Hall–Kier alpha value is -2.94. The first-order valence-corrected chi connectivity index (χ1v) is 17.1. The van der Waals surface area contributed by atoms with Crippen LogP contribution in [0.1, 0.15) is 76.1 Å². The van der Waals surface area contributed by atoms with Gasteiger partial charge in [-0.2, -0.15) is 0 Å². The number of hydrogen-bond donors (Lipinski definition) is 2. The molecule has 2 aromatic rings. The molecule has 3 amide bonds. The molecule has 2 atom stereocenters. The number of nitrogens with zero attached hydrogens (tertiary/aromatic N) is 3. The largest absolute Gasteiger partial charge is 0.344 e. The van der Waals surface area contributed by atoms with Crippen molar-refractivity contribution >= 4 is 29.3 Å². The molecule has 5 rings (SSSR count). The molecule has 9 heteroatoms. The minimum atomic E-state index is -0.656. The van der Waals surface area contributed by atoms with Crippen molar-refractivity contribution in [1.29, 1.82) is 0 Å². The van der Waals surface area contributed by atoms with E-state index in [4.69, 9.17) is 11.6 Å². The summed E-state index contributed by atoms with van der Waals surface area (Å²) in [4.78, 5) is 46.7. The summed E-state index contributed by atoms with van der Waals surface area (Å²) in [5.41, 5.74) is 3.37. The molecule has 3 heterocycles. The van der Waals surface area contributed by atoms with E-state index in [1.54, 1.807) is 0 Å². The maximum atomic E-state index is 14.1. The third kappa shape index (κ3) is 8.08. The lowest BCUT2D eigenvalue weighted by Gasteiger charge is -2.52. The van der Waals surface area contributed by atoms with Gasteiger partial charge in [-0.1, -0.05) is 75.7 Å². The monoisotopic (exact) mass is 635 g/mol. The molecule has 1 unspecified atom stereocenters. The van der Waals surface area contributed by atoms with Crippen LogP contribution >= 0.6 is 11.6 Å². The highest BCUT2D eigenvalue weighted by Gasteiger charge is 2.43. The molecule has 3 aliphatic heterocycles. The summed E-state index contributed by atoms with van der Waals surface area (Å²) in [6.07, 6.45) is 3.70. The summed E-state index contributed by atoms with van der Waals surface area (Å²) in [6.45, 7) is 13.7. The number of nitrogens with one attached hydrogen (secondary N) is 2. The van der Waals surface area contributed by atoms with E-state index in [1.807, 2.05) is 60.0 Å². The Labute approximate surface area is 273 Å². The van der Waals surface area contributed by atoms with Crippen molar-refractivity contribution < 1.29 is 14.4 Å². The Kier molecular flexibility index (Phi) is 10.9. The Morgan fingerprint density at radius 2 is 1.53 bits per heavy atom. The Bertz CT molecular complexity index is 1330. The van der Waals surface area contributed by atoms with Crippen LogP contribution in [0.25, 0.3) is 0 Å². The van der Waals surface area contributed by atoms with Crippen molar-refractivity contribution in [3.63, 3.8) is 0 Å². The first-order valence-electron chi connectivity index (χ1n) is 16.7. The van der Waals surface area contributed by atoms with Gasteiger partial charge < -0.3 is 20.4 Å². The van der Waals surface area contributed by atoms with Crippen molar-refractivity contribution in [2.75, 3.05) is 39.3 Å². The van der Waals surface area contributed by atoms with Gasteiger partial charge in [-0.05, 0) is 54.0 Å². The van der Waals surface area contributed by atoms with Gasteiger partial charge in [-0.15, -0.1) is 0 Å². The minimum Gasteiger partial charge on any atom is -0.344 e. The predicted molar refractivity (Wildman–Crippen MR) is 179 cm³/mol. The van der Waals surface area contributed by atoms with Gasteiger partial charge in [-0.3, -0.25) is 19.3 Å². The molecule has 0 saturated carbocycles. The molecule has 0 radical (unpaired) electrons. The fourth-order valence-electron chi connectivity index (χ4n) is 7.59. The van der Waals surface area contributed by atoms with Crippen LogP contribution in [0.4, 0.5) is 0 Å². The highest BCUT2D eigenvalue weighted by Crippen LogP contribution is 2.36. The van der Waals surface area contributed by atoms with Gasteiger partial charge in [0, 0.05) is 81.2 Å². The molecule has 244 valence electrons. The number of likely N-dealkylation sites (tertiary alicyclic amines) is 1. The summed E-state index contributed by atoms with van der Waals surface area (Å²) in [5.74, 6) is 0.632. The van der Waals surface area contributed by atoms with Gasteiger partial charge in [0.1, 0.15) is 6.04 Å². The number of rotatable bonds is 10. The number of carbonyl (C=O) groups is 3. The Morgan fingerprint density at radius 3 is 2.18 bits per heavy atom. The average molecular weight is 636 g/mol. The molecule has 8 nitrogen and oxygen atoms in total. The van der Waals surface area contributed by atoms with Gasteiger partial charge in [0.15, 0.2) is 0 Å². The normalized spacial score (nSPS) is 20.7. The van der Waals surface area contributed by atoms with Crippen molar-refractivity contribution in [3.05, 3.63) is 70.2 Å². The van der Waals surface area contributed by atoms with E-state index in [1.165, 1.54) is 5.56 Å². The number of carbonyl (C=O) groups excluding carboxylic acids is 3. The maximum absolute atomic E-state index is 14.1. The number of hydrogen-bond acceptors (Lipinski definition) is 5. The smallest absolute Gasteiger partial charge is 0.245 e. The molecule has 0 spiro atoms. The molecule has 0 aromatic heterocycles. The number of halogens is 1. The second-order valence-corrected chi connectivity index (χ2v) is 14.3. The zero-order valence-corrected chi connectivity index (χ0v) is 28.1. The van der Waals surface area contributed by atoms with E-state index in [2.05, 4.69) is 41.5 Å². The van der Waals surface area contributed by atoms with Crippen LogP contribution in [-0.2, 0) is 27.3 Å². The molecule has 2 N–H and O–H groups in total. The van der Waals surface area contributed by atoms with E-state index in [0.29, 0.717) is 30.5 Å². The second kappa shape index (κ2) is 14.7. The van der Waals surface area contributed by atoms with Crippen LogP contribution in [0.15, 0.2) is 48.5 Å². The van der Waals surface area contributed by atoms with Crippen molar-refractivity contribution in [2.24, 2.45) is 11.8 Å². The Morgan fingerprint density at radius 1 is 0.889 bits per heavy atom. The third-order valence-electron chi connectivity index (χ3n) is 9.90. The minimum absolute atomic E-state index is 0.0173. The van der Waals surface area contributed by atoms with Gasteiger partial charge >= 0.3 is 0 Å². The number of fused-ring (bicyclic) bond motifs is 1. The van der Waals surface area contributed by atoms with Crippen molar-refractivity contribution in [1.82, 2.24) is 25.3 Å². The first-order chi connectivity index (χ1) is 21.5. The third-order valence-corrected chi connectivity index (χ3v) is 10.1.